The van der Waals surface area contributed by atoms with E-state index in [1.165, 1.54) is 23.9 Å². The minimum absolute atomic E-state index is 0.119. The third kappa shape index (κ3) is 4.05. The van der Waals surface area contributed by atoms with E-state index in [9.17, 15) is 8.42 Å². The summed E-state index contributed by atoms with van der Waals surface area (Å²) in [6, 6.07) is 5.78. The first-order chi connectivity index (χ1) is 11.4. The van der Waals surface area contributed by atoms with Gasteiger partial charge in [-0.15, -0.1) is 11.3 Å². The number of aromatic nitrogens is 3. The lowest BCUT2D eigenvalue weighted by atomic mass is 10.1. The Labute approximate surface area is 143 Å². The SMILES string of the molecule is CS(=O)(=O)CCNCc1csc(-c2ccc3ncnc(N)c3c2)n1. The van der Waals surface area contributed by atoms with Crippen LogP contribution in [0.4, 0.5) is 5.82 Å². The van der Waals surface area contributed by atoms with Crippen molar-refractivity contribution in [3.8, 4) is 10.6 Å². The van der Waals surface area contributed by atoms with Gasteiger partial charge < -0.3 is 11.1 Å². The molecule has 0 atom stereocenters. The van der Waals surface area contributed by atoms with Crippen LogP contribution < -0.4 is 11.1 Å². The molecule has 0 aliphatic rings. The van der Waals surface area contributed by atoms with Crippen LogP contribution in [0.15, 0.2) is 29.9 Å². The summed E-state index contributed by atoms with van der Waals surface area (Å²) in [5.41, 5.74) is 8.52. The van der Waals surface area contributed by atoms with Crippen molar-refractivity contribution in [2.75, 3.05) is 24.3 Å². The quantitative estimate of drug-likeness (QED) is 0.638. The minimum atomic E-state index is -2.95. The number of nitrogen functional groups attached to an aromatic ring is 1. The fraction of sp³-hybridized carbons (Fsp3) is 0.267. The van der Waals surface area contributed by atoms with Gasteiger partial charge in [-0.25, -0.2) is 23.4 Å². The van der Waals surface area contributed by atoms with Gasteiger partial charge in [0.2, 0.25) is 0 Å². The standard InChI is InChI=1S/C15H17N5O2S2/c1-24(21,22)5-4-17-7-11-8-23-15(20-11)10-2-3-13-12(6-10)14(16)19-9-18-13/h2-3,6,8-9,17H,4-5,7H2,1H3,(H2,16,18,19). The summed E-state index contributed by atoms with van der Waals surface area (Å²) in [5, 5.41) is 6.72. The highest BCUT2D eigenvalue weighted by Crippen LogP contribution is 2.28. The lowest BCUT2D eigenvalue weighted by Gasteiger charge is -2.03. The van der Waals surface area contributed by atoms with Crippen molar-refractivity contribution in [2.45, 2.75) is 6.54 Å². The maximum absolute atomic E-state index is 11.1. The number of hydrogen-bond acceptors (Lipinski definition) is 8. The molecule has 0 radical (unpaired) electrons. The highest BCUT2D eigenvalue weighted by Gasteiger charge is 2.08. The Bertz CT molecular complexity index is 969. The number of nitrogens with zero attached hydrogens (tertiary/aromatic N) is 3. The number of sulfone groups is 1. The van der Waals surface area contributed by atoms with Gasteiger partial charge in [-0.3, -0.25) is 0 Å². The Morgan fingerprint density at radius 2 is 2.12 bits per heavy atom. The molecule has 0 aliphatic carbocycles. The van der Waals surface area contributed by atoms with Crippen molar-refractivity contribution in [3.63, 3.8) is 0 Å². The number of rotatable bonds is 6. The van der Waals surface area contributed by atoms with Gasteiger partial charge in [-0.05, 0) is 18.2 Å². The molecule has 0 spiro atoms. The summed E-state index contributed by atoms with van der Waals surface area (Å²) >= 11 is 1.53. The first-order valence-corrected chi connectivity index (χ1v) is 10.2. The van der Waals surface area contributed by atoms with Crippen molar-refractivity contribution in [1.29, 1.82) is 0 Å². The topological polar surface area (TPSA) is 111 Å². The van der Waals surface area contributed by atoms with Gasteiger partial charge in [0.25, 0.3) is 0 Å². The first-order valence-electron chi connectivity index (χ1n) is 7.26. The normalized spacial score (nSPS) is 11.9. The molecule has 126 valence electrons. The molecule has 7 nitrogen and oxygen atoms in total. The molecule has 3 rings (SSSR count). The number of nitrogens with one attached hydrogen (secondary N) is 1. The van der Waals surface area contributed by atoms with E-state index in [0.29, 0.717) is 18.9 Å². The Kier molecular flexibility index (Phi) is 4.74. The molecule has 3 N–H and O–H groups in total. The van der Waals surface area contributed by atoms with Crippen LogP contribution in [0.2, 0.25) is 0 Å². The van der Waals surface area contributed by atoms with Crippen LogP contribution in [-0.2, 0) is 16.4 Å². The summed E-state index contributed by atoms with van der Waals surface area (Å²) in [4.78, 5) is 12.8. The van der Waals surface area contributed by atoms with Crippen molar-refractivity contribution >= 4 is 37.9 Å². The van der Waals surface area contributed by atoms with Crippen LogP contribution in [0.1, 0.15) is 5.69 Å². The van der Waals surface area contributed by atoms with Gasteiger partial charge >= 0.3 is 0 Å². The summed E-state index contributed by atoms with van der Waals surface area (Å²) in [5.74, 6) is 0.564. The predicted octanol–water partition coefficient (Wildman–Crippen LogP) is 1.47. The summed E-state index contributed by atoms with van der Waals surface area (Å²) in [6.45, 7) is 0.945. The molecule has 3 aromatic rings. The van der Waals surface area contributed by atoms with Crippen LogP contribution in [0.3, 0.4) is 0 Å². The van der Waals surface area contributed by atoms with Gasteiger partial charge in [0.05, 0.1) is 17.0 Å². The molecule has 0 saturated heterocycles. The van der Waals surface area contributed by atoms with Gasteiger partial charge in [-0.1, -0.05) is 0 Å². The Morgan fingerprint density at radius 3 is 2.92 bits per heavy atom. The molecular weight excluding hydrogens is 346 g/mol. The average molecular weight is 363 g/mol. The summed E-state index contributed by atoms with van der Waals surface area (Å²) in [6.07, 6.45) is 2.67. The maximum atomic E-state index is 11.1. The molecule has 0 bridgehead atoms. The third-order valence-corrected chi connectivity index (χ3v) is 5.31. The van der Waals surface area contributed by atoms with Crippen LogP contribution in [0.25, 0.3) is 21.5 Å². The molecule has 0 unspecified atom stereocenters. The molecule has 24 heavy (non-hydrogen) atoms. The second kappa shape index (κ2) is 6.80. The second-order valence-electron chi connectivity index (χ2n) is 5.44. The number of benzene rings is 1. The van der Waals surface area contributed by atoms with Crippen LogP contribution >= 0.6 is 11.3 Å². The summed E-state index contributed by atoms with van der Waals surface area (Å²) < 4.78 is 22.2. The molecule has 9 heteroatoms. The first kappa shape index (κ1) is 16.7. The Hall–Kier alpha value is -2.10. The Balaban J connectivity index is 1.72. The molecular formula is C15H17N5O2S2. The lowest BCUT2D eigenvalue weighted by molar-refractivity contribution is 0.596. The summed E-state index contributed by atoms with van der Waals surface area (Å²) in [7, 11) is -2.95. The van der Waals surface area contributed by atoms with E-state index >= 15 is 0 Å². The number of fused-ring (bicyclic) bond motifs is 1. The lowest BCUT2D eigenvalue weighted by Crippen LogP contribution is -2.22. The zero-order valence-corrected chi connectivity index (χ0v) is 14.7. The highest BCUT2D eigenvalue weighted by atomic mass is 32.2. The molecule has 0 saturated carbocycles. The molecule has 0 fully saturated rings. The fourth-order valence-corrected chi connectivity index (χ4v) is 3.54. The molecule has 0 amide bonds. The second-order valence-corrected chi connectivity index (χ2v) is 8.56. The number of thiazole rings is 1. The van der Waals surface area contributed by atoms with E-state index in [-0.39, 0.29) is 5.75 Å². The molecule has 2 heterocycles. The van der Waals surface area contributed by atoms with Crippen molar-refractivity contribution in [2.24, 2.45) is 0 Å². The van der Waals surface area contributed by atoms with Crippen LogP contribution in [0.5, 0.6) is 0 Å². The van der Waals surface area contributed by atoms with E-state index < -0.39 is 9.84 Å². The minimum Gasteiger partial charge on any atom is -0.383 e. The molecule has 0 aliphatic heterocycles. The number of hydrogen-bond donors (Lipinski definition) is 2. The van der Waals surface area contributed by atoms with E-state index in [1.807, 2.05) is 23.6 Å². The van der Waals surface area contributed by atoms with Crippen LogP contribution in [0, 0.1) is 0 Å². The number of anilines is 1. The van der Waals surface area contributed by atoms with Crippen molar-refractivity contribution in [3.05, 3.63) is 35.6 Å². The highest BCUT2D eigenvalue weighted by molar-refractivity contribution is 7.90. The molecule has 1 aromatic carbocycles. The van der Waals surface area contributed by atoms with Crippen LogP contribution in [-0.4, -0.2) is 41.9 Å². The van der Waals surface area contributed by atoms with E-state index in [2.05, 4.69) is 20.3 Å². The molecule has 2 aromatic heterocycles. The van der Waals surface area contributed by atoms with Gasteiger partial charge in [0, 0.05) is 35.7 Å². The Morgan fingerprint density at radius 1 is 1.29 bits per heavy atom. The third-order valence-electron chi connectivity index (χ3n) is 3.42. The number of nitrogens with two attached hydrogens (primary N) is 1. The zero-order chi connectivity index (χ0) is 17.2. The monoisotopic (exact) mass is 363 g/mol. The van der Waals surface area contributed by atoms with Gasteiger partial charge in [-0.2, -0.15) is 0 Å². The van der Waals surface area contributed by atoms with Crippen molar-refractivity contribution < 1.29 is 8.42 Å². The smallest absolute Gasteiger partial charge is 0.148 e. The fourth-order valence-electron chi connectivity index (χ4n) is 2.20. The maximum Gasteiger partial charge on any atom is 0.148 e. The van der Waals surface area contributed by atoms with Gasteiger partial charge in [0.15, 0.2) is 0 Å². The van der Waals surface area contributed by atoms with Gasteiger partial charge in [0.1, 0.15) is 27.0 Å². The predicted molar refractivity (Wildman–Crippen MR) is 96.5 cm³/mol. The largest absolute Gasteiger partial charge is 0.383 e. The zero-order valence-electron chi connectivity index (χ0n) is 13.1. The van der Waals surface area contributed by atoms with E-state index in [1.54, 1.807) is 0 Å². The van der Waals surface area contributed by atoms with Crippen molar-refractivity contribution in [1.82, 2.24) is 20.3 Å². The average Bonchev–Trinajstić information content (AvgIpc) is 3.00. The van der Waals surface area contributed by atoms with E-state index in [0.717, 1.165) is 27.2 Å². The van der Waals surface area contributed by atoms with E-state index in [4.69, 9.17) is 5.73 Å².